The van der Waals surface area contributed by atoms with Gasteiger partial charge in [0.25, 0.3) is 0 Å². The molecule has 1 aliphatic heterocycles. The fourth-order valence-electron chi connectivity index (χ4n) is 1.94. The van der Waals surface area contributed by atoms with E-state index in [0.717, 1.165) is 6.26 Å². The first-order valence-corrected chi connectivity index (χ1v) is 8.12. The van der Waals surface area contributed by atoms with Crippen LogP contribution in [0.1, 0.15) is 27.7 Å². The number of pyridine rings is 1. The number of hydrogen-bond acceptors (Lipinski definition) is 5. The van der Waals surface area contributed by atoms with Crippen molar-refractivity contribution in [1.82, 2.24) is 4.98 Å². The third kappa shape index (κ3) is 2.55. The van der Waals surface area contributed by atoms with Crippen molar-refractivity contribution in [3.05, 3.63) is 22.5 Å². The normalized spacial score (nSPS) is 21.1. The first kappa shape index (κ1) is 15.3. The molecule has 1 aromatic heterocycles. The molecule has 2 rings (SSSR count). The fourth-order valence-corrected chi connectivity index (χ4v) is 2.80. The lowest BCUT2D eigenvalue weighted by Gasteiger charge is -2.32. The Morgan fingerprint density at radius 1 is 1.10 bits per heavy atom. The summed E-state index contributed by atoms with van der Waals surface area (Å²) < 4.78 is 35.2. The Morgan fingerprint density at radius 2 is 1.60 bits per heavy atom. The number of aromatic nitrogens is 1. The maximum atomic E-state index is 11.8. The number of hydrogen-bond donors (Lipinski definition) is 1. The van der Waals surface area contributed by atoms with Crippen LogP contribution < -0.4 is 11.2 Å². The molecule has 110 valence electrons. The van der Waals surface area contributed by atoms with E-state index in [-0.39, 0.29) is 10.5 Å². The summed E-state index contributed by atoms with van der Waals surface area (Å²) in [5.41, 5.74) is -1.49. The quantitative estimate of drug-likeness (QED) is 0.782. The zero-order chi connectivity index (χ0) is 15.3. The highest BCUT2D eigenvalue weighted by atomic mass is 32.2. The van der Waals surface area contributed by atoms with Crippen molar-refractivity contribution >= 4 is 22.5 Å². The van der Waals surface area contributed by atoms with Gasteiger partial charge in [-0.3, -0.25) is 4.79 Å². The lowest BCUT2D eigenvalue weighted by molar-refractivity contribution is 0.00578. The molecule has 0 amide bonds. The largest absolute Gasteiger partial charge is 0.513 e. The molecule has 20 heavy (non-hydrogen) atoms. The van der Waals surface area contributed by atoms with Crippen LogP contribution in [0.5, 0.6) is 0 Å². The molecule has 0 saturated carbocycles. The van der Waals surface area contributed by atoms with Gasteiger partial charge in [-0.1, -0.05) is 0 Å². The van der Waals surface area contributed by atoms with Gasteiger partial charge in [0, 0.05) is 12.3 Å². The number of sulfone groups is 1. The second kappa shape index (κ2) is 4.44. The van der Waals surface area contributed by atoms with E-state index in [0.29, 0.717) is 0 Å². The van der Waals surface area contributed by atoms with Crippen LogP contribution in [0, 0.1) is 0 Å². The van der Waals surface area contributed by atoms with E-state index in [1.54, 1.807) is 0 Å². The predicted octanol–water partition coefficient (Wildman–Crippen LogP) is 0.0776. The molecule has 1 saturated heterocycles. The highest BCUT2D eigenvalue weighted by Crippen LogP contribution is 2.36. The molecule has 0 unspecified atom stereocenters. The Morgan fingerprint density at radius 3 is 2.05 bits per heavy atom. The third-order valence-corrected chi connectivity index (χ3v) is 4.95. The first-order valence-electron chi connectivity index (χ1n) is 6.23. The van der Waals surface area contributed by atoms with Gasteiger partial charge in [0.2, 0.25) is 5.56 Å². The van der Waals surface area contributed by atoms with Crippen LogP contribution in [0.3, 0.4) is 0 Å². The smallest absolute Gasteiger partial charge is 0.398 e. The lowest BCUT2D eigenvalue weighted by Crippen LogP contribution is -2.42. The van der Waals surface area contributed by atoms with Crippen molar-refractivity contribution < 1.29 is 17.7 Å². The summed E-state index contributed by atoms with van der Waals surface area (Å²) in [4.78, 5) is 14.0. The molecule has 0 radical (unpaired) electrons. The van der Waals surface area contributed by atoms with Crippen molar-refractivity contribution in [2.45, 2.75) is 43.8 Å². The average molecular weight is 299 g/mol. The summed E-state index contributed by atoms with van der Waals surface area (Å²) in [6.45, 7) is 7.42. The summed E-state index contributed by atoms with van der Waals surface area (Å²) >= 11 is 0. The number of rotatable bonds is 2. The van der Waals surface area contributed by atoms with Gasteiger partial charge in [0.15, 0.2) is 9.84 Å². The maximum Gasteiger partial charge on any atom is 0.513 e. The number of nitrogens with one attached hydrogen (secondary N) is 1. The minimum absolute atomic E-state index is 0.00981. The Bertz CT molecular complexity index is 676. The molecular weight excluding hydrogens is 281 g/mol. The third-order valence-electron chi connectivity index (χ3n) is 3.80. The molecule has 0 aromatic carbocycles. The molecule has 1 fully saturated rings. The molecule has 6 nitrogen and oxygen atoms in total. The van der Waals surface area contributed by atoms with E-state index in [9.17, 15) is 13.2 Å². The van der Waals surface area contributed by atoms with Crippen LogP contribution in [0.4, 0.5) is 0 Å². The van der Waals surface area contributed by atoms with Crippen molar-refractivity contribution in [2.24, 2.45) is 0 Å². The Labute approximate surface area is 118 Å². The van der Waals surface area contributed by atoms with Gasteiger partial charge in [0.1, 0.15) is 0 Å². The van der Waals surface area contributed by atoms with Crippen LogP contribution >= 0.6 is 0 Å². The highest BCUT2D eigenvalue weighted by molar-refractivity contribution is 7.91. The monoisotopic (exact) mass is 299 g/mol. The van der Waals surface area contributed by atoms with Gasteiger partial charge in [0.05, 0.1) is 21.7 Å². The first-order chi connectivity index (χ1) is 8.94. The van der Waals surface area contributed by atoms with Gasteiger partial charge >= 0.3 is 7.12 Å². The summed E-state index contributed by atoms with van der Waals surface area (Å²) in [6, 6.07) is 2.44. The van der Waals surface area contributed by atoms with Crippen LogP contribution in [0.2, 0.25) is 0 Å². The summed E-state index contributed by atoms with van der Waals surface area (Å²) in [6.07, 6.45) is 1.08. The second-order valence-electron chi connectivity index (χ2n) is 5.96. The molecule has 0 spiro atoms. The van der Waals surface area contributed by atoms with Gasteiger partial charge in [-0.2, -0.15) is 0 Å². The Kier molecular flexibility index (Phi) is 3.39. The molecule has 1 N–H and O–H groups in total. The van der Waals surface area contributed by atoms with Gasteiger partial charge < -0.3 is 14.3 Å². The van der Waals surface area contributed by atoms with E-state index in [1.807, 2.05) is 27.7 Å². The zero-order valence-corrected chi connectivity index (χ0v) is 13.0. The SMILES string of the molecule is CC1(C)OB(c2[nH]c(=O)ccc2S(C)(=O)=O)OC1(C)C. The molecule has 0 bridgehead atoms. The van der Waals surface area contributed by atoms with Crippen molar-refractivity contribution in [2.75, 3.05) is 6.26 Å². The predicted molar refractivity (Wildman–Crippen MR) is 75.9 cm³/mol. The van der Waals surface area contributed by atoms with Crippen molar-refractivity contribution in [3.63, 3.8) is 0 Å². The van der Waals surface area contributed by atoms with Gasteiger partial charge in [-0.15, -0.1) is 0 Å². The average Bonchev–Trinajstić information content (AvgIpc) is 2.46. The number of aromatic amines is 1. The molecule has 0 atom stereocenters. The number of H-pyrrole nitrogens is 1. The van der Waals surface area contributed by atoms with E-state index in [4.69, 9.17) is 9.31 Å². The standard InChI is InChI=1S/C12H18BNO5S/c1-11(2)12(3,4)19-13(18-11)10-8(20(5,16)17)6-7-9(15)14-10/h6-7H,1-5H3,(H,14,15). The second-order valence-corrected chi connectivity index (χ2v) is 7.95. The van der Waals surface area contributed by atoms with Crippen LogP contribution in [0.25, 0.3) is 0 Å². The Balaban J connectivity index is 2.55. The minimum Gasteiger partial charge on any atom is -0.398 e. The van der Waals surface area contributed by atoms with E-state index in [1.165, 1.54) is 12.1 Å². The molecule has 1 aliphatic rings. The van der Waals surface area contributed by atoms with Gasteiger partial charge in [-0.05, 0) is 33.8 Å². The Hall–Kier alpha value is -1.12. The molecule has 0 aliphatic carbocycles. The van der Waals surface area contributed by atoms with E-state index in [2.05, 4.69) is 4.98 Å². The molecule has 1 aromatic rings. The van der Waals surface area contributed by atoms with Crippen molar-refractivity contribution in [1.29, 1.82) is 0 Å². The summed E-state index contributed by atoms with van der Waals surface area (Å²) in [5, 5.41) is 0. The molecule has 8 heteroatoms. The minimum atomic E-state index is -3.49. The lowest BCUT2D eigenvalue weighted by atomic mass is 9.84. The zero-order valence-electron chi connectivity index (χ0n) is 12.2. The summed E-state index contributed by atoms with van der Waals surface area (Å²) in [7, 11) is -4.41. The molecular formula is C12H18BNO5S. The maximum absolute atomic E-state index is 11.8. The van der Waals surface area contributed by atoms with Crippen LogP contribution in [-0.4, -0.2) is 38.0 Å². The van der Waals surface area contributed by atoms with E-state index >= 15 is 0 Å². The van der Waals surface area contributed by atoms with Crippen LogP contribution in [-0.2, 0) is 19.1 Å². The summed E-state index contributed by atoms with van der Waals surface area (Å²) in [5.74, 6) is 0. The molecule has 2 heterocycles. The van der Waals surface area contributed by atoms with Crippen LogP contribution in [0.15, 0.2) is 21.8 Å². The van der Waals surface area contributed by atoms with E-state index < -0.39 is 33.7 Å². The topological polar surface area (TPSA) is 85.5 Å². The van der Waals surface area contributed by atoms with Gasteiger partial charge in [-0.25, -0.2) is 8.42 Å². The highest BCUT2D eigenvalue weighted by Gasteiger charge is 2.53. The van der Waals surface area contributed by atoms with Crippen molar-refractivity contribution in [3.8, 4) is 0 Å². The fraction of sp³-hybridized carbons (Fsp3) is 0.583.